The van der Waals surface area contributed by atoms with Crippen molar-refractivity contribution in [1.29, 1.82) is 0 Å². The zero-order valence-electron chi connectivity index (χ0n) is 12.0. The molecule has 0 bridgehead atoms. The molecule has 1 aliphatic rings. The van der Waals surface area contributed by atoms with Crippen LogP contribution in [0.25, 0.3) is 0 Å². The Morgan fingerprint density at radius 3 is 2.75 bits per heavy atom. The summed E-state index contributed by atoms with van der Waals surface area (Å²) in [7, 11) is 1.71. The summed E-state index contributed by atoms with van der Waals surface area (Å²) in [6.45, 7) is 1.01. The van der Waals surface area contributed by atoms with Gasteiger partial charge >= 0.3 is 6.09 Å². The fraction of sp³-hybridized carbons (Fsp3) is 0.562. The Morgan fingerprint density at radius 2 is 2.00 bits per heavy atom. The zero-order chi connectivity index (χ0) is 14.2. The van der Waals surface area contributed by atoms with Gasteiger partial charge in [0.2, 0.25) is 0 Å². The van der Waals surface area contributed by atoms with E-state index in [1.807, 2.05) is 30.3 Å². The summed E-state index contributed by atoms with van der Waals surface area (Å²) in [6, 6.07) is 9.88. The van der Waals surface area contributed by atoms with E-state index in [2.05, 4.69) is 5.32 Å². The normalized spacial score (nSPS) is 22.2. The minimum absolute atomic E-state index is 0.173. The maximum absolute atomic E-state index is 11.9. The Hall–Kier alpha value is -1.55. The minimum atomic E-state index is -0.332. The third-order valence-corrected chi connectivity index (χ3v) is 3.81. The Kier molecular flexibility index (Phi) is 5.87. The van der Waals surface area contributed by atoms with Crippen LogP contribution in [0.1, 0.15) is 31.2 Å². The van der Waals surface area contributed by atoms with Crippen molar-refractivity contribution in [2.75, 3.05) is 13.7 Å². The molecule has 4 heteroatoms. The van der Waals surface area contributed by atoms with Gasteiger partial charge in [-0.05, 0) is 18.4 Å². The summed E-state index contributed by atoms with van der Waals surface area (Å²) in [6.07, 6.45) is 4.16. The molecule has 0 spiro atoms. The van der Waals surface area contributed by atoms with Crippen molar-refractivity contribution < 1.29 is 14.3 Å². The van der Waals surface area contributed by atoms with Gasteiger partial charge in [-0.1, -0.05) is 43.2 Å². The quantitative estimate of drug-likeness (QED) is 0.899. The van der Waals surface area contributed by atoms with Crippen LogP contribution >= 0.6 is 0 Å². The van der Waals surface area contributed by atoms with Gasteiger partial charge in [0, 0.05) is 19.1 Å². The van der Waals surface area contributed by atoms with E-state index in [0.29, 0.717) is 19.1 Å². The van der Waals surface area contributed by atoms with Crippen LogP contribution in [0, 0.1) is 5.92 Å². The van der Waals surface area contributed by atoms with E-state index in [1.54, 1.807) is 7.11 Å². The lowest BCUT2D eigenvalue weighted by atomic mass is 9.85. The van der Waals surface area contributed by atoms with Gasteiger partial charge in [0.1, 0.15) is 6.61 Å². The predicted octanol–water partition coefficient (Wildman–Crippen LogP) is 3.12. The highest BCUT2D eigenvalue weighted by atomic mass is 16.5. The second-order valence-corrected chi connectivity index (χ2v) is 5.31. The van der Waals surface area contributed by atoms with E-state index in [9.17, 15) is 4.79 Å². The van der Waals surface area contributed by atoms with Crippen molar-refractivity contribution in [2.45, 2.75) is 38.3 Å². The highest BCUT2D eigenvalue weighted by Gasteiger charge is 2.26. The molecule has 2 rings (SSSR count). The van der Waals surface area contributed by atoms with Gasteiger partial charge in [-0.25, -0.2) is 4.79 Å². The molecule has 110 valence electrons. The summed E-state index contributed by atoms with van der Waals surface area (Å²) in [5.41, 5.74) is 1.000. The van der Waals surface area contributed by atoms with E-state index in [-0.39, 0.29) is 12.1 Å². The minimum Gasteiger partial charge on any atom is -0.445 e. The first-order valence-electron chi connectivity index (χ1n) is 7.25. The number of carbonyl (C=O) groups is 1. The standard InChI is InChI=1S/C16H23NO3/c1-19-12-14-9-5-6-10-15(14)17-16(18)20-11-13-7-3-2-4-8-13/h2-4,7-8,14-15H,5-6,9-12H2,1H3,(H,17,18)/t14-,15-/m0/s1. The molecule has 20 heavy (non-hydrogen) atoms. The van der Waals surface area contributed by atoms with Crippen LogP contribution in [-0.4, -0.2) is 25.9 Å². The highest BCUT2D eigenvalue weighted by molar-refractivity contribution is 5.67. The number of nitrogens with one attached hydrogen (secondary N) is 1. The van der Waals surface area contributed by atoms with Crippen LogP contribution in [0.5, 0.6) is 0 Å². The number of alkyl carbamates (subject to hydrolysis) is 1. The first-order valence-corrected chi connectivity index (χ1v) is 7.25. The van der Waals surface area contributed by atoms with Gasteiger partial charge in [-0.15, -0.1) is 0 Å². The molecule has 1 amide bonds. The number of hydrogen-bond acceptors (Lipinski definition) is 3. The fourth-order valence-electron chi connectivity index (χ4n) is 2.73. The lowest BCUT2D eigenvalue weighted by molar-refractivity contribution is 0.0943. The van der Waals surface area contributed by atoms with Crippen molar-refractivity contribution in [1.82, 2.24) is 5.32 Å². The SMILES string of the molecule is COC[C@@H]1CCCC[C@@H]1NC(=O)OCc1ccccc1. The monoisotopic (exact) mass is 277 g/mol. The van der Waals surface area contributed by atoms with Crippen molar-refractivity contribution in [3.63, 3.8) is 0 Å². The highest BCUT2D eigenvalue weighted by Crippen LogP contribution is 2.24. The predicted molar refractivity (Wildman–Crippen MR) is 77.4 cm³/mol. The van der Waals surface area contributed by atoms with Crippen LogP contribution in [0.3, 0.4) is 0 Å². The second-order valence-electron chi connectivity index (χ2n) is 5.31. The first-order chi connectivity index (χ1) is 9.79. The second kappa shape index (κ2) is 7.90. The average Bonchev–Trinajstić information content (AvgIpc) is 2.49. The topological polar surface area (TPSA) is 47.6 Å². The fourth-order valence-corrected chi connectivity index (χ4v) is 2.73. The molecule has 0 saturated heterocycles. The van der Waals surface area contributed by atoms with E-state index in [0.717, 1.165) is 24.8 Å². The number of rotatable bonds is 5. The van der Waals surface area contributed by atoms with Gasteiger partial charge in [0.25, 0.3) is 0 Å². The van der Waals surface area contributed by atoms with Gasteiger partial charge < -0.3 is 14.8 Å². The van der Waals surface area contributed by atoms with Crippen LogP contribution < -0.4 is 5.32 Å². The lowest BCUT2D eigenvalue weighted by Gasteiger charge is -2.31. The Balaban J connectivity index is 1.78. The molecule has 0 radical (unpaired) electrons. The lowest BCUT2D eigenvalue weighted by Crippen LogP contribution is -2.43. The number of methoxy groups -OCH3 is 1. The van der Waals surface area contributed by atoms with Gasteiger partial charge in [-0.3, -0.25) is 0 Å². The molecule has 1 aromatic rings. The molecule has 1 fully saturated rings. The summed E-state index contributed by atoms with van der Waals surface area (Å²) < 4.78 is 10.5. The molecule has 2 atom stereocenters. The van der Waals surface area contributed by atoms with Crippen LogP contribution in [0.4, 0.5) is 4.79 Å². The number of carbonyl (C=O) groups excluding carboxylic acids is 1. The largest absolute Gasteiger partial charge is 0.445 e. The summed E-state index contributed by atoms with van der Waals surface area (Å²) in [4.78, 5) is 11.9. The Bertz CT molecular complexity index is 405. The molecule has 1 aromatic carbocycles. The van der Waals surface area contributed by atoms with Gasteiger partial charge in [0.15, 0.2) is 0 Å². The van der Waals surface area contributed by atoms with Crippen molar-refractivity contribution in [3.05, 3.63) is 35.9 Å². The first kappa shape index (κ1) is 14.9. The maximum Gasteiger partial charge on any atom is 0.407 e. The van der Waals surface area contributed by atoms with Gasteiger partial charge in [-0.2, -0.15) is 0 Å². The van der Waals surface area contributed by atoms with E-state index < -0.39 is 0 Å². The average molecular weight is 277 g/mol. The molecule has 4 nitrogen and oxygen atoms in total. The number of amides is 1. The molecule has 0 unspecified atom stereocenters. The summed E-state index contributed by atoms with van der Waals surface area (Å²) >= 11 is 0. The van der Waals surface area contributed by atoms with Crippen molar-refractivity contribution >= 4 is 6.09 Å². The van der Waals surface area contributed by atoms with Crippen LogP contribution in [-0.2, 0) is 16.1 Å². The summed E-state index contributed by atoms with van der Waals surface area (Å²) in [5, 5.41) is 2.98. The number of benzene rings is 1. The van der Waals surface area contributed by atoms with E-state index in [1.165, 1.54) is 6.42 Å². The molecule has 1 aliphatic carbocycles. The third-order valence-electron chi connectivity index (χ3n) is 3.81. The molecular formula is C16H23NO3. The Labute approximate surface area is 120 Å². The maximum atomic E-state index is 11.9. The molecule has 0 aromatic heterocycles. The Morgan fingerprint density at radius 1 is 1.25 bits per heavy atom. The van der Waals surface area contributed by atoms with Crippen LogP contribution in [0.2, 0.25) is 0 Å². The van der Waals surface area contributed by atoms with E-state index in [4.69, 9.17) is 9.47 Å². The molecular weight excluding hydrogens is 254 g/mol. The molecule has 0 heterocycles. The van der Waals surface area contributed by atoms with Gasteiger partial charge in [0.05, 0.1) is 6.61 Å². The zero-order valence-corrected chi connectivity index (χ0v) is 12.0. The smallest absolute Gasteiger partial charge is 0.407 e. The number of hydrogen-bond donors (Lipinski definition) is 1. The van der Waals surface area contributed by atoms with Crippen molar-refractivity contribution in [2.24, 2.45) is 5.92 Å². The van der Waals surface area contributed by atoms with E-state index >= 15 is 0 Å². The summed E-state index contributed by atoms with van der Waals surface area (Å²) in [5.74, 6) is 0.401. The van der Waals surface area contributed by atoms with Crippen LogP contribution in [0.15, 0.2) is 30.3 Å². The molecule has 0 aliphatic heterocycles. The third kappa shape index (κ3) is 4.53. The number of ether oxygens (including phenoxy) is 2. The van der Waals surface area contributed by atoms with Crippen molar-refractivity contribution in [3.8, 4) is 0 Å². The molecule has 1 N–H and O–H groups in total. The molecule has 1 saturated carbocycles.